The van der Waals surface area contributed by atoms with Crippen molar-refractivity contribution in [3.63, 3.8) is 0 Å². The second kappa shape index (κ2) is 9.02. The van der Waals surface area contributed by atoms with Crippen LogP contribution in [0.2, 0.25) is 0 Å². The maximum absolute atomic E-state index is 12.3. The lowest BCUT2D eigenvalue weighted by molar-refractivity contribution is 0.0948. The van der Waals surface area contributed by atoms with Gasteiger partial charge in [0.2, 0.25) is 0 Å². The molecule has 7 nitrogen and oxygen atoms in total. The van der Waals surface area contributed by atoms with Crippen molar-refractivity contribution in [3.05, 3.63) is 60.2 Å². The minimum Gasteiger partial charge on any atom is -0.369 e. The summed E-state index contributed by atoms with van der Waals surface area (Å²) >= 11 is 0. The monoisotopic (exact) mass is 415 g/mol. The third kappa shape index (κ3) is 4.76. The Hall–Kier alpha value is -3.63. The van der Waals surface area contributed by atoms with Crippen molar-refractivity contribution < 1.29 is 9.32 Å². The molecule has 1 amide bonds. The van der Waals surface area contributed by atoms with E-state index in [4.69, 9.17) is 9.78 Å². The molecule has 1 fully saturated rings. The van der Waals surface area contributed by atoms with Gasteiger partial charge < -0.3 is 19.6 Å². The molecule has 31 heavy (non-hydrogen) atoms. The summed E-state index contributed by atoms with van der Waals surface area (Å²) in [6.07, 6.45) is 0. The number of likely N-dealkylation sites (N-methyl/N-ethyl adjacent to an activating group) is 1. The van der Waals surface area contributed by atoms with Crippen LogP contribution in [0.15, 0.2) is 59.1 Å². The summed E-state index contributed by atoms with van der Waals surface area (Å²) < 4.78 is 5.55. The van der Waals surface area contributed by atoms with Crippen LogP contribution < -0.4 is 10.2 Å². The number of carbonyl (C=O) groups excluding carboxylic acids is 1. The van der Waals surface area contributed by atoms with Crippen molar-refractivity contribution in [3.8, 4) is 28.7 Å². The maximum atomic E-state index is 12.3. The van der Waals surface area contributed by atoms with E-state index in [1.54, 1.807) is 25.1 Å². The van der Waals surface area contributed by atoms with Crippen LogP contribution in [0, 0.1) is 11.3 Å². The number of nitrogens with one attached hydrogen (secondary N) is 1. The smallest absolute Gasteiger partial charge is 0.252 e. The van der Waals surface area contributed by atoms with Crippen molar-refractivity contribution in [2.45, 2.75) is 13.0 Å². The van der Waals surface area contributed by atoms with Crippen LogP contribution in [0.3, 0.4) is 0 Å². The summed E-state index contributed by atoms with van der Waals surface area (Å²) in [6.45, 7) is 5.84. The molecule has 0 bridgehead atoms. The molecular weight excluding hydrogens is 390 g/mol. The lowest BCUT2D eigenvalue weighted by Gasteiger charge is -2.34. The molecule has 7 heteroatoms. The molecule has 3 aromatic rings. The van der Waals surface area contributed by atoms with Crippen LogP contribution in [0.1, 0.15) is 17.3 Å². The Morgan fingerprint density at radius 3 is 2.55 bits per heavy atom. The number of piperazine rings is 1. The minimum atomic E-state index is -0.554. The lowest BCUT2D eigenvalue weighted by Crippen LogP contribution is -2.44. The summed E-state index contributed by atoms with van der Waals surface area (Å²) in [4.78, 5) is 17.0. The molecule has 2 aromatic carbocycles. The first-order valence-electron chi connectivity index (χ1n) is 10.3. The minimum absolute atomic E-state index is 0.296. The number of rotatable bonds is 5. The molecule has 1 N–H and O–H groups in total. The predicted molar refractivity (Wildman–Crippen MR) is 120 cm³/mol. The van der Waals surface area contributed by atoms with Crippen LogP contribution in [0.25, 0.3) is 22.6 Å². The Bertz CT molecular complexity index is 1090. The van der Waals surface area contributed by atoms with Gasteiger partial charge in [0.1, 0.15) is 11.7 Å². The second-order valence-electron chi connectivity index (χ2n) is 7.82. The van der Waals surface area contributed by atoms with Crippen molar-refractivity contribution in [1.82, 2.24) is 15.4 Å². The van der Waals surface area contributed by atoms with Gasteiger partial charge in [0, 0.05) is 54.6 Å². The van der Waals surface area contributed by atoms with Gasteiger partial charge in [-0.25, -0.2) is 0 Å². The average Bonchev–Trinajstić information content (AvgIpc) is 3.30. The Morgan fingerprint density at radius 1 is 1.10 bits per heavy atom. The molecule has 1 atom stereocenters. The standard InChI is InChI=1S/C24H25N5O2/c1-17(16-25)26-24(30)20-5-3-4-19(14-20)23-15-22(27-31-23)18-6-8-21(9-7-18)29-12-10-28(2)11-13-29/h3-9,14-15,17H,10-13H2,1-2H3,(H,26,30). The second-order valence-corrected chi connectivity index (χ2v) is 7.82. The molecule has 0 radical (unpaired) electrons. The number of amides is 1. The Balaban J connectivity index is 1.49. The topological polar surface area (TPSA) is 85.4 Å². The van der Waals surface area contributed by atoms with E-state index in [0.717, 1.165) is 43.0 Å². The maximum Gasteiger partial charge on any atom is 0.252 e. The van der Waals surface area contributed by atoms with Gasteiger partial charge in [0.05, 0.1) is 6.07 Å². The van der Waals surface area contributed by atoms with E-state index in [1.165, 1.54) is 5.69 Å². The van der Waals surface area contributed by atoms with Gasteiger partial charge >= 0.3 is 0 Å². The SMILES string of the molecule is CC(C#N)NC(=O)c1cccc(-c2cc(-c3ccc(N4CCN(C)CC4)cc3)no2)c1. The molecule has 158 valence electrons. The molecule has 0 aliphatic carbocycles. The van der Waals surface area contributed by atoms with Gasteiger partial charge in [0.15, 0.2) is 5.76 Å². The molecule has 1 aromatic heterocycles. The molecule has 2 heterocycles. The van der Waals surface area contributed by atoms with Gasteiger partial charge in [-0.2, -0.15) is 5.26 Å². The summed E-state index contributed by atoms with van der Waals surface area (Å²) in [6, 6.07) is 18.8. The molecule has 0 saturated carbocycles. The number of hydrogen-bond donors (Lipinski definition) is 1. The fourth-order valence-corrected chi connectivity index (χ4v) is 3.58. The van der Waals surface area contributed by atoms with Crippen LogP contribution >= 0.6 is 0 Å². The highest BCUT2D eigenvalue weighted by Crippen LogP contribution is 2.28. The molecular formula is C24H25N5O2. The van der Waals surface area contributed by atoms with E-state index in [9.17, 15) is 4.79 Å². The van der Waals surface area contributed by atoms with E-state index in [-0.39, 0.29) is 5.91 Å². The zero-order chi connectivity index (χ0) is 21.8. The number of anilines is 1. The Labute approximate surface area is 181 Å². The van der Waals surface area contributed by atoms with Gasteiger partial charge in [-0.1, -0.05) is 29.4 Å². The molecule has 1 aliphatic heterocycles. The van der Waals surface area contributed by atoms with Crippen LogP contribution in [0.5, 0.6) is 0 Å². The highest BCUT2D eigenvalue weighted by Gasteiger charge is 2.16. The summed E-state index contributed by atoms with van der Waals surface area (Å²) in [5.74, 6) is 0.288. The summed E-state index contributed by atoms with van der Waals surface area (Å²) in [5, 5.41) is 15.7. The van der Waals surface area contributed by atoms with Crippen LogP contribution in [-0.2, 0) is 0 Å². The molecule has 1 saturated heterocycles. The quantitative estimate of drug-likeness (QED) is 0.687. The first-order valence-corrected chi connectivity index (χ1v) is 10.3. The van der Waals surface area contributed by atoms with E-state index < -0.39 is 6.04 Å². The van der Waals surface area contributed by atoms with Crippen LogP contribution in [-0.4, -0.2) is 55.2 Å². The number of benzene rings is 2. The van der Waals surface area contributed by atoms with Gasteiger partial charge in [-0.3, -0.25) is 4.79 Å². The summed E-state index contributed by atoms with van der Waals surface area (Å²) in [5.41, 5.74) is 4.16. The fourth-order valence-electron chi connectivity index (χ4n) is 3.58. The van der Waals surface area contributed by atoms with Gasteiger partial charge in [-0.15, -0.1) is 0 Å². The van der Waals surface area contributed by atoms with Gasteiger partial charge in [-0.05, 0) is 38.2 Å². The average molecular weight is 415 g/mol. The van der Waals surface area contributed by atoms with Crippen LogP contribution in [0.4, 0.5) is 5.69 Å². The number of nitriles is 1. The molecule has 1 aliphatic rings. The summed E-state index contributed by atoms with van der Waals surface area (Å²) in [7, 11) is 2.15. The third-order valence-corrected chi connectivity index (χ3v) is 5.49. The normalized spacial score (nSPS) is 15.3. The predicted octanol–water partition coefficient (Wildman–Crippen LogP) is 3.40. The first kappa shape index (κ1) is 20.6. The van der Waals surface area contributed by atoms with Crippen molar-refractivity contribution in [2.24, 2.45) is 0 Å². The zero-order valence-electron chi connectivity index (χ0n) is 17.7. The molecule has 1 unspecified atom stereocenters. The number of hydrogen-bond acceptors (Lipinski definition) is 6. The van der Waals surface area contributed by atoms with E-state index in [1.807, 2.05) is 18.2 Å². The van der Waals surface area contributed by atoms with Crippen molar-refractivity contribution in [1.29, 1.82) is 5.26 Å². The van der Waals surface area contributed by atoms with Gasteiger partial charge in [0.25, 0.3) is 5.91 Å². The number of aromatic nitrogens is 1. The van der Waals surface area contributed by atoms with Crippen molar-refractivity contribution in [2.75, 3.05) is 38.1 Å². The zero-order valence-corrected chi connectivity index (χ0v) is 17.7. The highest BCUT2D eigenvalue weighted by molar-refractivity contribution is 5.95. The Morgan fingerprint density at radius 2 is 1.84 bits per heavy atom. The molecule has 4 rings (SSSR count). The number of nitrogens with zero attached hydrogens (tertiary/aromatic N) is 4. The Kier molecular flexibility index (Phi) is 6.01. The fraction of sp³-hybridized carbons (Fsp3) is 0.292. The largest absolute Gasteiger partial charge is 0.369 e. The van der Waals surface area contributed by atoms with E-state index >= 15 is 0 Å². The first-order chi connectivity index (χ1) is 15.0. The van der Waals surface area contributed by atoms with E-state index in [2.05, 4.69) is 51.6 Å². The lowest BCUT2D eigenvalue weighted by atomic mass is 10.1. The highest BCUT2D eigenvalue weighted by atomic mass is 16.5. The number of carbonyl (C=O) groups is 1. The van der Waals surface area contributed by atoms with Crippen molar-refractivity contribution >= 4 is 11.6 Å². The van der Waals surface area contributed by atoms with E-state index in [0.29, 0.717) is 11.3 Å². The third-order valence-electron chi connectivity index (χ3n) is 5.49. The molecule has 0 spiro atoms.